The Morgan fingerprint density at radius 3 is 2.43 bits per heavy atom. The smallest absolute Gasteiger partial charge is 0.169 e. The van der Waals surface area contributed by atoms with Crippen LogP contribution in [0.4, 0.5) is 5.69 Å². The molecular weight excluding hydrogens is 278 g/mol. The first-order valence-electron chi connectivity index (χ1n) is 7.28. The number of para-hydroxylation sites is 1. The monoisotopic (exact) mass is 301 g/mol. The highest BCUT2D eigenvalue weighted by Crippen LogP contribution is 2.26. The molecule has 0 saturated heterocycles. The second kappa shape index (κ2) is 7.41. The SMILES string of the molecule is CCN(c1ccccc1)C(C)Oc1ccc(SC)c(C)c1. The van der Waals surface area contributed by atoms with Crippen molar-refractivity contribution >= 4 is 17.4 Å². The molecule has 2 aromatic carbocycles. The van der Waals surface area contributed by atoms with Gasteiger partial charge in [-0.15, -0.1) is 11.8 Å². The Kier molecular flexibility index (Phi) is 5.57. The fourth-order valence-electron chi connectivity index (χ4n) is 2.45. The normalized spacial score (nSPS) is 12.0. The molecule has 2 aromatic rings. The zero-order valence-corrected chi connectivity index (χ0v) is 14.0. The van der Waals surface area contributed by atoms with E-state index in [9.17, 15) is 0 Å². The lowest BCUT2D eigenvalue weighted by Crippen LogP contribution is -2.37. The number of aryl methyl sites for hydroxylation is 1. The van der Waals surface area contributed by atoms with E-state index in [1.165, 1.54) is 16.1 Å². The van der Waals surface area contributed by atoms with Crippen LogP contribution in [0, 0.1) is 6.92 Å². The van der Waals surface area contributed by atoms with Crippen LogP contribution < -0.4 is 9.64 Å². The van der Waals surface area contributed by atoms with Gasteiger partial charge in [-0.2, -0.15) is 0 Å². The third kappa shape index (κ3) is 3.94. The summed E-state index contributed by atoms with van der Waals surface area (Å²) in [6.45, 7) is 7.27. The second-order valence-electron chi connectivity index (χ2n) is 4.97. The molecule has 0 fully saturated rings. The predicted octanol–water partition coefficient (Wildman–Crippen LogP) is 4.97. The van der Waals surface area contributed by atoms with Crippen LogP contribution in [0.1, 0.15) is 19.4 Å². The van der Waals surface area contributed by atoms with E-state index in [0.29, 0.717) is 0 Å². The van der Waals surface area contributed by atoms with Crippen LogP contribution in [-0.2, 0) is 0 Å². The molecule has 0 saturated carbocycles. The minimum Gasteiger partial charge on any atom is -0.471 e. The predicted molar refractivity (Wildman–Crippen MR) is 92.5 cm³/mol. The molecule has 0 aliphatic heterocycles. The van der Waals surface area contributed by atoms with Crippen molar-refractivity contribution in [3.8, 4) is 5.75 Å². The molecule has 0 spiro atoms. The van der Waals surface area contributed by atoms with Gasteiger partial charge in [0.05, 0.1) is 0 Å². The van der Waals surface area contributed by atoms with E-state index in [4.69, 9.17) is 4.74 Å². The van der Waals surface area contributed by atoms with Crippen molar-refractivity contribution in [2.45, 2.75) is 31.9 Å². The van der Waals surface area contributed by atoms with Gasteiger partial charge in [0, 0.05) is 17.1 Å². The lowest BCUT2D eigenvalue weighted by Gasteiger charge is -2.30. The summed E-state index contributed by atoms with van der Waals surface area (Å²) >= 11 is 1.76. The van der Waals surface area contributed by atoms with Crippen LogP contribution in [-0.4, -0.2) is 19.0 Å². The minimum absolute atomic E-state index is 0.00284. The van der Waals surface area contributed by atoms with Crippen molar-refractivity contribution in [3.05, 3.63) is 54.1 Å². The molecule has 0 N–H and O–H groups in total. The number of benzene rings is 2. The first kappa shape index (κ1) is 15.8. The average molecular weight is 301 g/mol. The van der Waals surface area contributed by atoms with Gasteiger partial charge in [-0.05, 0) is 62.9 Å². The molecule has 0 aromatic heterocycles. The van der Waals surface area contributed by atoms with Crippen molar-refractivity contribution in [2.24, 2.45) is 0 Å². The van der Waals surface area contributed by atoms with E-state index in [1.807, 2.05) is 12.1 Å². The van der Waals surface area contributed by atoms with Crippen molar-refractivity contribution in [3.63, 3.8) is 0 Å². The van der Waals surface area contributed by atoms with Crippen LogP contribution in [0.25, 0.3) is 0 Å². The summed E-state index contributed by atoms with van der Waals surface area (Å²) in [5.41, 5.74) is 2.44. The number of anilines is 1. The molecule has 0 amide bonds. The maximum Gasteiger partial charge on any atom is 0.169 e. The Balaban J connectivity index is 2.12. The number of nitrogens with zero attached hydrogens (tertiary/aromatic N) is 1. The van der Waals surface area contributed by atoms with Crippen molar-refractivity contribution < 1.29 is 4.74 Å². The molecule has 3 heteroatoms. The Hall–Kier alpha value is -1.61. The second-order valence-corrected chi connectivity index (χ2v) is 5.82. The van der Waals surface area contributed by atoms with E-state index in [0.717, 1.165) is 12.3 Å². The molecular formula is C18H23NOS. The van der Waals surface area contributed by atoms with Gasteiger partial charge in [-0.25, -0.2) is 0 Å². The summed E-state index contributed by atoms with van der Waals surface area (Å²) in [5, 5.41) is 0. The number of hydrogen-bond donors (Lipinski definition) is 0. The summed E-state index contributed by atoms with van der Waals surface area (Å²) in [6.07, 6.45) is 2.09. The first-order chi connectivity index (χ1) is 10.2. The fourth-order valence-corrected chi connectivity index (χ4v) is 3.04. The zero-order chi connectivity index (χ0) is 15.2. The van der Waals surface area contributed by atoms with Crippen LogP contribution in [0.3, 0.4) is 0 Å². The van der Waals surface area contributed by atoms with Gasteiger partial charge in [-0.1, -0.05) is 18.2 Å². The number of ether oxygens (including phenoxy) is 1. The third-order valence-electron chi connectivity index (χ3n) is 3.54. The van der Waals surface area contributed by atoms with Gasteiger partial charge >= 0.3 is 0 Å². The molecule has 0 bridgehead atoms. The maximum atomic E-state index is 6.12. The van der Waals surface area contributed by atoms with Crippen molar-refractivity contribution in [1.82, 2.24) is 0 Å². The number of rotatable bonds is 6. The highest BCUT2D eigenvalue weighted by atomic mass is 32.2. The number of thioether (sulfide) groups is 1. The van der Waals surface area contributed by atoms with Gasteiger partial charge < -0.3 is 9.64 Å². The van der Waals surface area contributed by atoms with E-state index in [2.05, 4.69) is 68.3 Å². The van der Waals surface area contributed by atoms with Gasteiger partial charge in [0.1, 0.15) is 5.75 Å². The molecule has 0 aliphatic rings. The average Bonchev–Trinajstić information content (AvgIpc) is 2.49. The lowest BCUT2D eigenvalue weighted by molar-refractivity contribution is 0.216. The van der Waals surface area contributed by atoms with Crippen LogP contribution >= 0.6 is 11.8 Å². The standard InChI is InChI=1S/C18H23NOS/c1-5-19(16-9-7-6-8-10-16)15(3)20-17-11-12-18(21-4)14(2)13-17/h6-13,15H,5H2,1-4H3. The minimum atomic E-state index is -0.00284. The summed E-state index contributed by atoms with van der Waals surface area (Å²) < 4.78 is 6.12. The number of hydrogen-bond acceptors (Lipinski definition) is 3. The Bertz CT molecular complexity index is 571. The lowest BCUT2D eigenvalue weighted by atomic mass is 10.2. The van der Waals surface area contributed by atoms with Gasteiger partial charge in [0.2, 0.25) is 0 Å². The fraction of sp³-hybridized carbons (Fsp3) is 0.333. The molecule has 2 nitrogen and oxygen atoms in total. The molecule has 0 radical (unpaired) electrons. The first-order valence-corrected chi connectivity index (χ1v) is 8.51. The summed E-state index contributed by atoms with van der Waals surface area (Å²) in [5.74, 6) is 0.923. The molecule has 0 aliphatic carbocycles. The highest BCUT2D eigenvalue weighted by Gasteiger charge is 2.14. The topological polar surface area (TPSA) is 12.5 Å². The van der Waals surface area contributed by atoms with Crippen molar-refractivity contribution in [1.29, 1.82) is 0 Å². The van der Waals surface area contributed by atoms with Crippen molar-refractivity contribution in [2.75, 3.05) is 17.7 Å². The van der Waals surface area contributed by atoms with Gasteiger partial charge in [-0.3, -0.25) is 0 Å². The Morgan fingerprint density at radius 1 is 1.14 bits per heavy atom. The molecule has 21 heavy (non-hydrogen) atoms. The summed E-state index contributed by atoms with van der Waals surface area (Å²) in [4.78, 5) is 3.54. The van der Waals surface area contributed by atoms with E-state index in [-0.39, 0.29) is 6.23 Å². The van der Waals surface area contributed by atoms with Crippen LogP contribution in [0.5, 0.6) is 5.75 Å². The van der Waals surface area contributed by atoms with Gasteiger partial charge in [0.25, 0.3) is 0 Å². The highest BCUT2D eigenvalue weighted by molar-refractivity contribution is 7.98. The quantitative estimate of drug-likeness (QED) is 0.552. The van der Waals surface area contributed by atoms with E-state index < -0.39 is 0 Å². The molecule has 2 rings (SSSR count). The van der Waals surface area contributed by atoms with Crippen LogP contribution in [0.2, 0.25) is 0 Å². The summed E-state index contributed by atoms with van der Waals surface area (Å²) in [7, 11) is 0. The Morgan fingerprint density at radius 2 is 1.86 bits per heavy atom. The third-order valence-corrected chi connectivity index (χ3v) is 4.44. The largest absolute Gasteiger partial charge is 0.471 e. The maximum absolute atomic E-state index is 6.12. The molecule has 1 atom stereocenters. The molecule has 1 unspecified atom stereocenters. The van der Waals surface area contributed by atoms with E-state index >= 15 is 0 Å². The van der Waals surface area contributed by atoms with Crippen LogP contribution in [0.15, 0.2) is 53.4 Å². The van der Waals surface area contributed by atoms with E-state index in [1.54, 1.807) is 11.8 Å². The zero-order valence-electron chi connectivity index (χ0n) is 13.2. The Labute approximate surface area is 132 Å². The summed E-state index contributed by atoms with van der Waals surface area (Å²) in [6, 6.07) is 16.7. The van der Waals surface area contributed by atoms with Gasteiger partial charge in [0.15, 0.2) is 6.23 Å². The molecule has 112 valence electrons. The molecule has 0 heterocycles.